The number of anilines is 1. The van der Waals surface area contributed by atoms with E-state index in [-0.39, 0.29) is 11.9 Å². The van der Waals surface area contributed by atoms with Crippen molar-refractivity contribution in [2.24, 2.45) is 23.7 Å². The molecule has 0 spiro atoms. The van der Waals surface area contributed by atoms with Crippen LogP contribution in [-0.2, 0) is 6.54 Å². The molecular formula is C37H36N6O2. The normalized spacial score (nSPS) is 25.0. The molecule has 3 aliphatic carbocycles. The lowest BCUT2D eigenvalue weighted by Gasteiger charge is -2.52. The van der Waals surface area contributed by atoms with Gasteiger partial charge in [0, 0.05) is 60.6 Å². The summed E-state index contributed by atoms with van der Waals surface area (Å²) in [5.41, 5.74) is 9.45. The van der Waals surface area contributed by atoms with Crippen molar-refractivity contribution in [2.75, 3.05) is 24.5 Å². The van der Waals surface area contributed by atoms with E-state index < -0.39 is 0 Å². The van der Waals surface area contributed by atoms with Crippen LogP contribution in [0.5, 0.6) is 0 Å². The molecule has 5 fully saturated rings. The zero-order chi connectivity index (χ0) is 30.0. The largest absolute Gasteiger partial charge is 0.339 e. The van der Waals surface area contributed by atoms with Crippen LogP contribution in [0.15, 0.2) is 66.9 Å². The molecule has 2 aromatic carbocycles. The van der Waals surface area contributed by atoms with Crippen LogP contribution in [0.25, 0.3) is 38.9 Å². The van der Waals surface area contributed by atoms with Gasteiger partial charge in [-0.2, -0.15) is 5.10 Å². The van der Waals surface area contributed by atoms with Gasteiger partial charge in [0.2, 0.25) is 0 Å². The van der Waals surface area contributed by atoms with Crippen molar-refractivity contribution in [3.05, 3.63) is 78.0 Å². The van der Waals surface area contributed by atoms with Crippen molar-refractivity contribution in [1.29, 1.82) is 0 Å². The van der Waals surface area contributed by atoms with E-state index in [2.05, 4.69) is 64.2 Å². The van der Waals surface area contributed by atoms with Gasteiger partial charge in [-0.1, -0.05) is 24.3 Å². The second-order valence-electron chi connectivity index (χ2n) is 14.1. The van der Waals surface area contributed by atoms with Gasteiger partial charge < -0.3 is 14.8 Å². The first-order valence-electron chi connectivity index (χ1n) is 16.6. The SMILES string of the molecule is Cc1c(-c2cc3ccc(-c4ccc(N5CCNC5=O)cc4)cc3n2CC2CC2)nn2cc(C(=O)N3CC4CC5CC3[C@H]54)ccc12. The average Bonchev–Trinajstić information content (AvgIpc) is 3.52. The number of pyridine rings is 1. The number of urea groups is 1. The van der Waals surface area contributed by atoms with Crippen molar-refractivity contribution in [2.45, 2.75) is 45.2 Å². The number of nitrogens with zero attached hydrogens (tertiary/aromatic N) is 5. The Balaban J connectivity index is 1.01. The minimum Gasteiger partial charge on any atom is -0.339 e. The topological polar surface area (TPSA) is 74.9 Å². The highest BCUT2D eigenvalue weighted by Gasteiger charge is 2.61. The standard InChI is InChI=1S/C37H36N6O2/c1-21-30-11-8-26(36(44)42-19-28-14-27-17-32(42)34(27)28)20-43(30)39-35(21)33-16-25-5-4-24(15-31(25)41(33)18-22-2-3-22)23-6-9-29(10-7-23)40-13-12-38-37(40)45/h4-11,15-16,20,22,27-28,32,34H,2-3,12-14,17-19H2,1H3,(H,38,45)/t27?,28?,32?,34-/m1/s1. The first kappa shape index (κ1) is 25.7. The first-order valence-corrected chi connectivity index (χ1v) is 16.6. The number of carbonyl (C=O) groups is 2. The Bertz CT molecular complexity index is 2050. The highest BCUT2D eigenvalue weighted by Crippen LogP contribution is 2.60. The number of carbonyl (C=O) groups excluding carboxylic acids is 2. The van der Waals surface area contributed by atoms with E-state index in [0.29, 0.717) is 25.0 Å². The Morgan fingerprint density at radius 2 is 1.80 bits per heavy atom. The van der Waals surface area contributed by atoms with Crippen LogP contribution in [0.2, 0.25) is 0 Å². The summed E-state index contributed by atoms with van der Waals surface area (Å²) < 4.78 is 4.40. The third-order valence-electron chi connectivity index (χ3n) is 11.6. The monoisotopic (exact) mass is 596 g/mol. The molecule has 2 saturated heterocycles. The molecule has 10 rings (SSSR count). The molecule has 3 saturated carbocycles. The van der Waals surface area contributed by atoms with Crippen LogP contribution in [-0.4, -0.2) is 56.7 Å². The summed E-state index contributed by atoms with van der Waals surface area (Å²) in [7, 11) is 0. The van der Waals surface area contributed by atoms with Crippen LogP contribution >= 0.6 is 0 Å². The van der Waals surface area contributed by atoms with Gasteiger partial charge in [-0.3, -0.25) is 9.69 Å². The van der Waals surface area contributed by atoms with E-state index >= 15 is 0 Å². The predicted octanol–water partition coefficient (Wildman–Crippen LogP) is 6.35. The Kier molecular flexibility index (Phi) is 5.27. The van der Waals surface area contributed by atoms with Crippen molar-refractivity contribution >= 4 is 34.0 Å². The number of hydrogen-bond donors (Lipinski definition) is 1. The Morgan fingerprint density at radius 3 is 2.56 bits per heavy atom. The molecule has 3 unspecified atom stereocenters. The molecular weight excluding hydrogens is 560 g/mol. The van der Waals surface area contributed by atoms with Gasteiger partial charge in [-0.05, 0) is 104 Å². The van der Waals surface area contributed by atoms with Crippen molar-refractivity contribution in [3.63, 3.8) is 0 Å². The third-order valence-corrected chi connectivity index (χ3v) is 11.6. The van der Waals surface area contributed by atoms with E-state index in [1.807, 2.05) is 28.9 Å². The average molecular weight is 597 g/mol. The number of benzene rings is 2. The van der Waals surface area contributed by atoms with Gasteiger partial charge in [0.05, 0.1) is 16.8 Å². The van der Waals surface area contributed by atoms with Crippen LogP contribution < -0.4 is 10.2 Å². The number of aryl methyl sites for hydroxylation is 1. The smallest absolute Gasteiger partial charge is 0.321 e. The number of aromatic nitrogens is 3. The molecule has 4 atom stereocenters. The van der Waals surface area contributed by atoms with Gasteiger partial charge in [-0.15, -0.1) is 0 Å². The number of rotatable bonds is 6. The highest BCUT2D eigenvalue weighted by atomic mass is 16.2. The van der Waals surface area contributed by atoms with Crippen LogP contribution in [0.4, 0.5) is 10.5 Å². The second kappa shape index (κ2) is 9.22. The molecule has 8 nitrogen and oxygen atoms in total. The summed E-state index contributed by atoms with van der Waals surface area (Å²) in [6.07, 6.45) is 6.98. The maximum Gasteiger partial charge on any atom is 0.321 e. The van der Waals surface area contributed by atoms with Gasteiger partial charge >= 0.3 is 6.03 Å². The molecule has 5 aliphatic rings. The van der Waals surface area contributed by atoms with Gasteiger partial charge in [0.1, 0.15) is 5.69 Å². The molecule has 0 bridgehead atoms. The van der Waals surface area contributed by atoms with Crippen molar-refractivity contribution in [3.8, 4) is 22.5 Å². The van der Waals surface area contributed by atoms with Gasteiger partial charge in [0.15, 0.2) is 0 Å². The maximum absolute atomic E-state index is 13.6. The second-order valence-corrected chi connectivity index (χ2v) is 14.1. The fraction of sp³-hybridized carbons (Fsp3) is 0.378. The molecule has 5 aromatic rings. The zero-order valence-corrected chi connectivity index (χ0v) is 25.4. The van der Waals surface area contributed by atoms with E-state index in [9.17, 15) is 9.59 Å². The molecule has 3 aromatic heterocycles. The number of fused-ring (bicyclic) bond motifs is 2. The van der Waals surface area contributed by atoms with E-state index in [0.717, 1.165) is 75.7 Å². The fourth-order valence-corrected chi connectivity index (χ4v) is 8.84. The predicted molar refractivity (Wildman–Crippen MR) is 174 cm³/mol. The number of nitrogens with one attached hydrogen (secondary N) is 1. The minimum atomic E-state index is -0.0330. The van der Waals surface area contributed by atoms with Gasteiger partial charge in [0.25, 0.3) is 5.91 Å². The fourth-order valence-electron chi connectivity index (χ4n) is 8.84. The Labute approximate surface area is 261 Å². The van der Waals surface area contributed by atoms with Crippen LogP contribution in [0, 0.1) is 30.6 Å². The van der Waals surface area contributed by atoms with E-state index in [4.69, 9.17) is 5.10 Å². The summed E-state index contributed by atoms with van der Waals surface area (Å²) in [5.74, 6) is 3.23. The molecule has 8 heteroatoms. The Morgan fingerprint density at radius 1 is 0.956 bits per heavy atom. The molecule has 2 aliphatic heterocycles. The highest BCUT2D eigenvalue weighted by molar-refractivity contribution is 5.96. The lowest BCUT2D eigenvalue weighted by molar-refractivity contribution is -0.0204. The first-order chi connectivity index (χ1) is 22.0. The zero-order valence-electron chi connectivity index (χ0n) is 25.4. The quantitative estimate of drug-likeness (QED) is 0.248. The summed E-state index contributed by atoms with van der Waals surface area (Å²) in [6.45, 7) is 5.43. The molecule has 0 radical (unpaired) electrons. The van der Waals surface area contributed by atoms with Crippen molar-refractivity contribution < 1.29 is 9.59 Å². The summed E-state index contributed by atoms with van der Waals surface area (Å²) >= 11 is 0. The van der Waals surface area contributed by atoms with Gasteiger partial charge in [-0.25, -0.2) is 9.31 Å². The van der Waals surface area contributed by atoms with E-state index in [1.54, 1.807) is 4.90 Å². The van der Waals surface area contributed by atoms with Crippen LogP contribution in [0.3, 0.4) is 0 Å². The van der Waals surface area contributed by atoms with Crippen molar-refractivity contribution in [1.82, 2.24) is 24.4 Å². The lowest BCUT2D eigenvalue weighted by atomic mass is 9.53. The molecule has 1 N–H and O–H groups in total. The summed E-state index contributed by atoms with van der Waals surface area (Å²) in [4.78, 5) is 29.7. The molecule has 3 amide bonds. The lowest BCUT2D eigenvalue weighted by Crippen LogP contribution is -2.53. The third kappa shape index (κ3) is 3.80. The molecule has 45 heavy (non-hydrogen) atoms. The minimum absolute atomic E-state index is 0.0330. The van der Waals surface area contributed by atoms with E-state index in [1.165, 1.54) is 36.6 Å². The number of hydrogen-bond acceptors (Lipinski definition) is 3. The number of likely N-dealkylation sites (tertiary alicyclic amines) is 1. The Hall–Kier alpha value is -4.59. The summed E-state index contributed by atoms with van der Waals surface area (Å²) in [6, 6.07) is 21.8. The number of amides is 3. The molecule has 226 valence electrons. The summed E-state index contributed by atoms with van der Waals surface area (Å²) in [5, 5.41) is 9.21. The maximum atomic E-state index is 13.6. The molecule has 5 heterocycles. The van der Waals surface area contributed by atoms with Crippen LogP contribution in [0.1, 0.15) is 41.6 Å².